The number of carbonyl (C=O) groups excluding carboxylic acids is 2. The molecule has 0 aliphatic heterocycles. The van der Waals surface area contributed by atoms with Crippen LogP contribution in [0.5, 0.6) is 0 Å². The van der Waals surface area contributed by atoms with Crippen molar-refractivity contribution in [1.82, 2.24) is 14.7 Å². The first-order valence-corrected chi connectivity index (χ1v) is 30.4. The zero-order valence-electron chi connectivity index (χ0n) is 45.5. The van der Waals surface area contributed by atoms with Gasteiger partial charge in [-0.2, -0.15) is 0 Å². The molecule has 1 fully saturated rings. The van der Waals surface area contributed by atoms with Gasteiger partial charge in [-0.3, -0.25) is 9.59 Å². The van der Waals surface area contributed by atoms with Crippen LogP contribution in [0.15, 0.2) is 0 Å². The summed E-state index contributed by atoms with van der Waals surface area (Å²) in [6.45, 7) is 15.6. The average Bonchev–Trinajstić information content (AvgIpc) is 4.12. The van der Waals surface area contributed by atoms with Gasteiger partial charge in [0.25, 0.3) is 0 Å². The number of hydrogen-bond acceptors (Lipinski definition) is 4. The number of nitrogens with zero attached hydrogens (tertiary/aromatic N) is 3. The quantitative estimate of drug-likeness (QED) is 0.0617. The molecular weight excluding hydrogens is 811 g/mol. The van der Waals surface area contributed by atoms with Gasteiger partial charge in [-0.1, -0.05) is 246 Å². The Morgan fingerprint density at radius 2 is 0.561 bits per heavy atom. The molecule has 0 aromatic carbocycles. The SMILES string of the molecule is CCCCCCCCCCN(CCCCCCCCCC)C(=O)CCCCCCCN(CCCCCCCC(=O)N(CCCCCCCCCC)CCCCCCCCCC)C1C[C@@H]1CO. The fourth-order valence-electron chi connectivity index (χ4n) is 10.3. The van der Waals surface area contributed by atoms with Crippen molar-refractivity contribution < 1.29 is 14.7 Å². The highest BCUT2D eigenvalue weighted by Gasteiger charge is 2.40. The summed E-state index contributed by atoms with van der Waals surface area (Å²) in [7, 11) is 0. The van der Waals surface area contributed by atoms with Crippen molar-refractivity contribution in [3.8, 4) is 0 Å². The monoisotopic (exact) mass is 930 g/mol. The van der Waals surface area contributed by atoms with E-state index in [4.69, 9.17) is 0 Å². The van der Waals surface area contributed by atoms with E-state index in [1.54, 1.807) is 0 Å². The molecule has 0 aromatic heterocycles. The van der Waals surface area contributed by atoms with Crippen molar-refractivity contribution in [2.45, 2.75) is 323 Å². The zero-order valence-corrected chi connectivity index (χ0v) is 45.5. The van der Waals surface area contributed by atoms with Crippen LogP contribution in [0, 0.1) is 5.92 Å². The maximum atomic E-state index is 13.4. The summed E-state index contributed by atoms with van der Waals surface area (Å²) in [6, 6.07) is 0.575. The summed E-state index contributed by atoms with van der Waals surface area (Å²) in [5.74, 6) is 1.29. The Bertz CT molecular complexity index is 913. The number of unbranched alkanes of at least 4 members (excludes halogenated alkanes) is 36. The van der Waals surface area contributed by atoms with E-state index >= 15 is 0 Å². The second-order valence-electron chi connectivity index (χ2n) is 21.5. The summed E-state index contributed by atoms with van der Waals surface area (Å²) in [4.78, 5) is 34.0. The molecule has 0 radical (unpaired) electrons. The van der Waals surface area contributed by atoms with E-state index in [1.807, 2.05) is 0 Å². The topological polar surface area (TPSA) is 64.1 Å². The minimum atomic E-state index is 0.327. The largest absolute Gasteiger partial charge is 0.396 e. The second kappa shape index (κ2) is 48.9. The third kappa shape index (κ3) is 38.7. The molecule has 1 aliphatic rings. The van der Waals surface area contributed by atoms with E-state index < -0.39 is 0 Å². The highest BCUT2D eigenvalue weighted by Crippen LogP contribution is 2.35. The predicted molar refractivity (Wildman–Crippen MR) is 290 cm³/mol. The maximum absolute atomic E-state index is 13.4. The van der Waals surface area contributed by atoms with Gasteiger partial charge in [0.05, 0.1) is 0 Å². The third-order valence-electron chi connectivity index (χ3n) is 15.1. The van der Waals surface area contributed by atoms with Gasteiger partial charge in [0.2, 0.25) is 11.8 Å². The fraction of sp³-hybridized carbons (Fsp3) is 0.967. The number of carbonyl (C=O) groups is 2. The van der Waals surface area contributed by atoms with Crippen LogP contribution in [0.4, 0.5) is 0 Å². The molecule has 0 heterocycles. The van der Waals surface area contributed by atoms with E-state index in [9.17, 15) is 14.7 Å². The van der Waals surface area contributed by atoms with Crippen molar-refractivity contribution in [2.24, 2.45) is 5.92 Å². The van der Waals surface area contributed by atoms with Crippen molar-refractivity contribution >= 4 is 11.8 Å². The van der Waals surface area contributed by atoms with Gasteiger partial charge >= 0.3 is 0 Å². The van der Waals surface area contributed by atoms with Crippen LogP contribution in [-0.4, -0.2) is 83.5 Å². The van der Waals surface area contributed by atoms with Crippen molar-refractivity contribution in [2.75, 3.05) is 45.9 Å². The highest BCUT2D eigenvalue weighted by molar-refractivity contribution is 5.76. The van der Waals surface area contributed by atoms with Crippen LogP contribution >= 0.6 is 0 Å². The van der Waals surface area contributed by atoms with Gasteiger partial charge in [-0.25, -0.2) is 0 Å². The predicted octanol–water partition coefficient (Wildman–Crippen LogP) is 17.6. The average molecular weight is 931 g/mol. The molecule has 0 spiro atoms. The lowest BCUT2D eigenvalue weighted by Crippen LogP contribution is -2.32. The molecule has 2 atom stereocenters. The smallest absolute Gasteiger partial charge is 0.222 e. The first-order chi connectivity index (χ1) is 32.5. The fourth-order valence-corrected chi connectivity index (χ4v) is 10.3. The Balaban J connectivity index is 2.36. The molecule has 0 bridgehead atoms. The van der Waals surface area contributed by atoms with E-state index in [2.05, 4.69) is 42.4 Å². The van der Waals surface area contributed by atoms with Gasteiger partial charge in [0.15, 0.2) is 0 Å². The Labute approximate surface area is 414 Å². The second-order valence-corrected chi connectivity index (χ2v) is 21.5. The molecule has 2 amide bonds. The molecule has 66 heavy (non-hydrogen) atoms. The summed E-state index contributed by atoms with van der Waals surface area (Å²) in [5.41, 5.74) is 0. The molecule has 1 saturated carbocycles. The van der Waals surface area contributed by atoms with E-state index in [-0.39, 0.29) is 0 Å². The minimum absolute atomic E-state index is 0.327. The lowest BCUT2D eigenvalue weighted by Gasteiger charge is -2.23. The number of rotatable bonds is 54. The molecule has 1 rings (SSSR count). The van der Waals surface area contributed by atoms with Gasteiger partial charge in [0, 0.05) is 51.7 Å². The first-order valence-electron chi connectivity index (χ1n) is 30.4. The summed E-state index contributed by atoms with van der Waals surface area (Å²) >= 11 is 0. The van der Waals surface area contributed by atoms with Crippen molar-refractivity contribution in [1.29, 1.82) is 0 Å². The lowest BCUT2D eigenvalue weighted by atomic mass is 10.1. The van der Waals surface area contributed by atoms with Crippen LogP contribution in [-0.2, 0) is 9.59 Å². The Morgan fingerprint density at radius 1 is 0.333 bits per heavy atom. The van der Waals surface area contributed by atoms with Crippen LogP contribution in [0.2, 0.25) is 0 Å². The Hall–Kier alpha value is -1.14. The highest BCUT2D eigenvalue weighted by atomic mass is 16.3. The number of aliphatic hydroxyl groups is 1. The van der Waals surface area contributed by atoms with Crippen LogP contribution in [0.3, 0.4) is 0 Å². The van der Waals surface area contributed by atoms with Gasteiger partial charge in [-0.15, -0.1) is 0 Å². The molecule has 0 saturated heterocycles. The number of aliphatic hydroxyl groups excluding tert-OH is 1. The Kier molecular flexibility index (Phi) is 46.6. The molecule has 6 heteroatoms. The normalized spacial score (nSPS) is 14.7. The van der Waals surface area contributed by atoms with Crippen LogP contribution < -0.4 is 0 Å². The van der Waals surface area contributed by atoms with Gasteiger partial charge in [-0.05, 0) is 76.8 Å². The molecule has 1 N–H and O–H groups in total. The van der Waals surface area contributed by atoms with Crippen molar-refractivity contribution in [3.63, 3.8) is 0 Å². The number of amides is 2. The molecular formula is C60H119N3O3. The third-order valence-corrected chi connectivity index (χ3v) is 15.1. The van der Waals surface area contributed by atoms with Gasteiger partial charge in [0.1, 0.15) is 0 Å². The molecule has 0 aromatic rings. The minimum Gasteiger partial charge on any atom is -0.396 e. The van der Waals surface area contributed by atoms with Gasteiger partial charge < -0.3 is 19.8 Å². The molecule has 1 aliphatic carbocycles. The molecule has 6 nitrogen and oxygen atoms in total. The van der Waals surface area contributed by atoms with Crippen molar-refractivity contribution in [3.05, 3.63) is 0 Å². The number of hydrogen-bond donors (Lipinski definition) is 1. The van der Waals surface area contributed by atoms with E-state index in [1.165, 1.54) is 244 Å². The zero-order chi connectivity index (χ0) is 47.8. The molecule has 392 valence electrons. The lowest BCUT2D eigenvalue weighted by molar-refractivity contribution is -0.132. The van der Waals surface area contributed by atoms with Crippen LogP contribution in [0.1, 0.15) is 317 Å². The summed E-state index contributed by atoms with van der Waals surface area (Å²) in [5, 5.41) is 9.87. The summed E-state index contributed by atoms with van der Waals surface area (Å²) < 4.78 is 0. The Morgan fingerprint density at radius 3 is 0.803 bits per heavy atom. The standard InChI is InChI=1S/C60H119N3O3/c1-5-9-13-17-21-25-33-43-51-62(52-44-34-26-22-18-14-10-6-2)59(65)47-39-31-29-37-41-49-61(58-55-57(58)56-64)50-42-38-30-32-40-48-60(66)63(53-45-35-27-23-19-15-11-7-3)54-46-36-28-24-20-16-12-8-4/h57-58,64H,5-56H2,1-4H3/t57-,58?/m1/s1. The summed E-state index contributed by atoms with van der Waals surface area (Å²) in [6.07, 6.45) is 56.6. The molecule has 1 unspecified atom stereocenters. The maximum Gasteiger partial charge on any atom is 0.222 e. The van der Waals surface area contributed by atoms with E-state index in [0.29, 0.717) is 30.4 Å². The van der Waals surface area contributed by atoms with E-state index in [0.717, 1.165) is 84.2 Å². The van der Waals surface area contributed by atoms with Crippen LogP contribution in [0.25, 0.3) is 0 Å². The first kappa shape index (κ1) is 62.9.